The van der Waals surface area contributed by atoms with Gasteiger partial charge in [-0.1, -0.05) is 25.1 Å². The molecule has 1 heterocycles. The minimum atomic E-state index is 0.212. The van der Waals surface area contributed by atoms with E-state index in [-0.39, 0.29) is 5.54 Å². The minimum Gasteiger partial charge on any atom is -0.379 e. The highest BCUT2D eigenvalue weighted by molar-refractivity contribution is 5.60. The normalized spacial score (nSPS) is 24.8. The van der Waals surface area contributed by atoms with Crippen LogP contribution in [-0.2, 0) is 0 Å². The Balaban J connectivity index is 2.49. The molecule has 1 N–H and O–H groups in total. The van der Waals surface area contributed by atoms with Crippen molar-refractivity contribution in [1.29, 1.82) is 0 Å². The first kappa shape index (κ1) is 7.66. The van der Waals surface area contributed by atoms with Gasteiger partial charge in [-0.05, 0) is 25.5 Å². The van der Waals surface area contributed by atoms with Gasteiger partial charge in [-0.25, -0.2) is 0 Å². The largest absolute Gasteiger partial charge is 0.379 e. The van der Waals surface area contributed by atoms with Gasteiger partial charge in [0.05, 0.1) is 0 Å². The zero-order chi connectivity index (χ0) is 8.77. The molecular weight excluding hydrogens is 146 g/mol. The maximum absolute atomic E-state index is 3.52. The first-order valence-corrected chi connectivity index (χ1v) is 4.48. The predicted octanol–water partition coefficient (Wildman–Crippen LogP) is 2.99. The average Bonchev–Trinajstić information content (AvgIpc) is 2.24. The fourth-order valence-corrected chi connectivity index (χ4v) is 1.83. The summed E-state index contributed by atoms with van der Waals surface area (Å²) < 4.78 is 0. The fourth-order valence-electron chi connectivity index (χ4n) is 1.83. The number of para-hydroxylation sites is 1. The van der Waals surface area contributed by atoms with Crippen LogP contribution in [0.25, 0.3) is 0 Å². The second-order valence-corrected chi connectivity index (χ2v) is 4.16. The highest BCUT2D eigenvalue weighted by Crippen LogP contribution is 2.41. The number of benzene rings is 1. The Morgan fingerprint density at radius 1 is 1.25 bits per heavy atom. The SMILES string of the molecule is CC1c2ccccc2NC1(C)C. The molecule has 12 heavy (non-hydrogen) atoms. The van der Waals surface area contributed by atoms with E-state index in [1.165, 1.54) is 11.3 Å². The smallest absolute Gasteiger partial charge is 0.0384 e. The van der Waals surface area contributed by atoms with E-state index >= 15 is 0 Å². The third-order valence-electron chi connectivity index (χ3n) is 2.97. The Kier molecular flexibility index (Phi) is 1.44. The summed E-state index contributed by atoms with van der Waals surface area (Å²) in [5, 5.41) is 3.52. The second kappa shape index (κ2) is 2.25. The Morgan fingerprint density at radius 2 is 1.92 bits per heavy atom. The molecule has 0 radical (unpaired) electrons. The van der Waals surface area contributed by atoms with Gasteiger partial charge >= 0.3 is 0 Å². The Hall–Kier alpha value is -0.980. The quantitative estimate of drug-likeness (QED) is 0.616. The maximum Gasteiger partial charge on any atom is 0.0384 e. The van der Waals surface area contributed by atoms with Crippen molar-refractivity contribution in [3.8, 4) is 0 Å². The summed E-state index contributed by atoms with van der Waals surface area (Å²) in [6.07, 6.45) is 0. The summed E-state index contributed by atoms with van der Waals surface area (Å²) in [6.45, 7) is 6.77. The third-order valence-corrected chi connectivity index (χ3v) is 2.97. The summed E-state index contributed by atoms with van der Waals surface area (Å²) in [5.41, 5.74) is 2.96. The molecule has 1 heteroatoms. The molecule has 1 aromatic rings. The molecule has 0 aromatic heterocycles. The Labute approximate surface area is 73.8 Å². The van der Waals surface area contributed by atoms with Crippen molar-refractivity contribution < 1.29 is 0 Å². The number of hydrogen-bond acceptors (Lipinski definition) is 1. The lowest BCUT2D eigenvalue weighted by atomic mass is 9.88. The lowest BCUT2D eigenvalue weighted by molar-refractivity contribution is 0.503. The van der Waals surface area contributed by atoms with Crippen LogP contribution in [-0.4, -0.2) is 5.54 Å². The summed E-state index contributed by atoms with van der Waals surface area (Å²) in [6, 6.07) is 8.56. The average molecular weight is 161 g/mol. The van der Waals surface area contributed by atoms with E-state index in [4.69, 9.17) is 0 Å². The Morgan fingerprint density at radius 3 is 2.58 bits per heavy atom. The van der Waals surface area contributed by atoms with Crippen molar-refractivity contribution in [3.63, 3.8) is 0 Å². The van der Waals surface area contributed by atoms with Gasteiger partial charge in [-0.2, -0.15) is 0 Å². The molecule has 0 bridgehead atoms. The second-order valence-electron chi connectivity index (χ2n) is 4.16. The van der Waals surface area contributed by atoms with E-state index in [9.17, 15) is 0 Å². The van der Waals surface area contributed by atoms with Gasteiger partial charge in [0.2, 0.25) is 0 Å². The van der Waals surface area contributed by atoms with Gasteiger partial charge in [0.1, 0.15) is 0 Å². The van der Waals surface area contributed by atoms with Crippen LogP contribution in [0, 0.1) is 0 Å². The van der Waals surface area contributed by atoms with Crippen molar-refractivity contribution in [2.24, 2.45) is 0 Å². The first-order chi connectivity index (χ1) is 5.61. The summed E-state index contributed by atoms with van der Waals surface area (Å²) in [5.74, 6) is 0.605. The van der Waals surface area contributed by atoms with Crippen LogP contribution in [0.4, 0.5) is 5.69 Å². The molecule has 0 saturated heterocycles. The van der Waals surface area contributed by atoms with Crippen LogP contribution in [0.15, 0.2) is 24.3 Å². The molecular formula is C11H15N. The van der Waals surface area contributed by atoms with Crippen LogP contribution in [0.3, 0.4) is 0 Å². The van der Waals surface area contributed by atoms with Crippen LogP contribution >= 0.6 is 0 Å². The Bertz CT molecular complexity index is 302. The van der Waals surface area contributed by atoms with Gasteiger partial charge in [-0.3, -0.25) is 0 Å². The van der Waals surface area contributed by atoms with Gasteiger partial charge in [-0.15, -0.1) is 0 Å². The van der Waals surface area contributed by atoms with E-state index in [1.807, 2.05) is 0 Å². The van der Waals surface area contributed by atoms with E-state index in [0.717, 1.165) is 0 Å². The number of fused-ring (bicyclic) bond motifs is 1. The van der Waals surface area contributed by atoms with E-state index in [1.54, 1.807) is 0 Å². The van der Waals surface area contributed by atoms with Gasteiger partial charge < -0.3 is 5.32 Å². The van der Waals surface area contributed by atoms with Crippen molar-refractivity contribution in [2.45, 2.75) is 32.2 Å². The molecule has 1 aromatic carbocycles. The number of hydrogen-bond donors (Lipinski definition) is 1. The minimum absolute atomic E-state index is 0.212. The fraction of sp³-hybridized carbons (Fsp3) is 0.455. The lowest BCUT2D eigenvalue weighted by Gasteiger charge is -2.24. The monoisotopic (exact) mass is 161 g/mol. The third kappa shape index (κ3) is 0.927. The molecule has 2 rings (SSSR count). The molecule has 1 nitrogen and oxygen atoms in total. The van der Waals surface area contributed by atoms with Crippen LogP contribution in [0.5, 0.6) is 0 Å². The van der Waals surface area contributed by atoms with E-state index in [0.29, 0.717) is 5.92 Å². The summed E-state index contributed by atoms with van der Waals surface area (Å²) in [4.78, 5) is 0. The molecule has 0 saturated carbocycles. The number of nitrogens with one attached hydrogen (secondary N) is 1. The summed E-state index contributed by atoms with van der Waals surface area (Å²) >= 11 is 0. The molecule has 0 aliphatic carbocycles. The molecule has 1 aliphatic rings. The van der Waals surface area contributed by atoms with Gasteiger partial charge in [0.25, 0.3) is 0 Å². The van der Waals surface area contributed by atoms with Gasteiger partial charge in [0, 0.05) is 17.1 Å². The van der Waals surface area contributed by atoms with Crippen molar-refractivity contribution in [2.75, 3.05) is 5.32 Å². The van der Waals surface area contributed by atoms with Crippen LogP contribution in [0.1, 0.15) is 32.3 Å². The molecule has 0 spiro atoms. The topological polar surface area (TPSA) is 12.0 Å². The predicted molar refractivity (Wildman–Crippen MR) is 52.6 cm³/mol. The first-order valence-electron chi connectivity index (χ1n) is 4.48. The highest BCUT2D eigenvalue weighted by Gasteiger charge is 2.34. The molecule has 0 amide bonds. The van der Waals surface area contributed by atoms with Crippen molar-refractivity contribution >= 4 is 5.69 Å². The zero-order valence-electron chi connectivity index (χ0n) is 7.89. The lowest BCUT2D eigenvalue weighted by Crippen LogP contribution is -2.30. The maximum atomic E-state index is 3.52. The van der Waals surface area contributed by atoms with Crippen LogP contribution in [0.2, 0.25) is 0 Å². The molecule has 1 unspecified atom stereocenters. The highest BCUT2D eigenvalue weighted by atomic mass is 15.0. The van der Waals surface area contributed by atoms with Crippen molar-refractivity contribution in [1.82, 2.24) is 0 Å². The standard InChI is InChI=1S/C11H15N/c1-8-9-6-4-5-7-10(9)12-11(8,2)3/h4-8,12H,1-3H3. The molecule has 1 atom stereocenters. The molecule has 0 fully saturated rings. The van der Waals surface area contributed by atoms with Crippen LogP contribution < -0.4 is 5.32 Å². The number of rotatable bonds is 0. The van der Waals surface area contributed by atoms with Crippen molar-refractivity contribution in [3.05, 3.63) is 29.8 Å². The zero-order valence-corrected chi connectivity index (χ0v) is 7.89. The molecule has 64 valence electrons. The number of anilines is 1. The van der Waals surface area contributed by atoms with E-state index in [2.05, 4.69) is 50.4 Å². The van der Waals surface area contributed by atoms with E-state index < -0.39 is 0 Å². The summed E-state index contributed by atoms with van der Waals surface area (Å²) in [7, 11) is 0. The van der Waals surface area contributed by atoms with Gasteiger partial charge in [0.15, 0.2) is 0 Å². The molecule has 1 aliphatic heterocycles.